The molecule has 0 unspecified atom stereocenters. The average Bonchev–Trinajstić information content (AvgIpc) is 2.31. The number of hydrogen-bond donors (Lipinski definition) is 0. The molecule has 0 amide bonds. The highest BCUT2D eigenvalue weighted by molar-refractivity contribution is 7.09. The van der Waals surface area contributed by atoms with Crippen molar-refractivity contribution in [1.29, 1.82) is 0 Å². The van der Waals surface area contributed by atoms with Crippen LogP contribution in [0, 0.1) is 6.92 Å². The van der Waals surface area contributed by atoms with E-state index in [1.807, 2.05) is 6.92 Å². The first-order chi connectivity index (χ1) is 4.83. The normalized spacial score (nSPS) is 10.2. The van der Waals surface area contributed by atoms with Crippen LogP contribution in [0.25, 0.3) is 0 Å². The molecule has 0 saturated carbocycles. The highest BCUT2D eigenvalue weighted by Gasteiger charge is 1.95. The van der Waals surface area contributed by atoms with Crippen molar-refractivity contribution in [1.82, 2.24) is 4.98 Å². The van der Waals surface area contributed by atoms with Gasteiger partial charge in [-0.1, -0.05) is 13.3 Å². The lowest BCUT2D eigenvalue weighted by Gasteiger charge is -1.89. The molecule has 0 aromatic carbocycles. The van der Waals surface area contributed by atoms with Gasteiger partial charge in [0.05, 0.1) is 5.01 Å². The molecule has 0 aliphatic heterocycles. The third kappa shape index (κ3) is 2.10. The summed E-state index contributed by atoms with van der Waals surface area (Å²) >= 11 is 1.78. The number of hydrogen-bond acceptors (Lipinski definition) is 2. The summed E-state index contributed by atoms with van der Waals surface area (Å²) in [6.45, 7) is 4.26. The summed E-state index contributed by atoms with van der Waals surface area (Å²) in [5.74, 6) is 0. The Labute approximate surface area is 66.1 Å². The summed E-state index contributed by atoms with van der Waals surface area (Å²) in [5, 5.41) is 3.41. The maximum absolute atomic E-state index is 4.37. The lowest BCUT2D eigenvalue weighted by Crippen LogP contribution is -1.82. The molecule has 1 aromatic rings. The lowest BCUT2D eigenvalue weighted by molar-refractivity contribution is 0.788. The minimum absolute atomic E-state index is 1.16. The summed E-state index contributed by atoms with van der Waals surface area (Å²) in [4.78, 5) is 4.37. The Morgan fingerprint density at radius 2 is 2.40 bits per heavy atom. The number of nitrogens with zero attached hydrogens (tertiary/aromatic N) is 1. The number of aryl methyl sites for hydroxylation is 2. The molecule has 0 N–H and O–H groups in total. The summed E-state index contributed by atoms with van der Waals surface area (Å²) in [7, 11) is 0. The van der Waals surface area contributed by atoms with Crippen molar-refractivity contribution in [2.75, 3.05) is 0 Å². The molecule has 10 heavy (non-hydrogen) atoms. The summed E-state index contributed by atoms with van der Waals surface area (Å²) in [5.41, 5.74) is 1.16. The molecule has 0 spiro atoms. The van der Waals surface area contributed by atoms with Gasteiger partial charge in [0.1, 0.15) is 0 Å². The highest BCUT2D eigenvalue weighted by atomic mass is 32.1. The minimum Gasteiger partial charge on any atom is -0.247 e. The largest absolute Gasteiger partial charge is 0.247 e. The first-order valence-electron chi connectivity index (χ1n) is 3.74. The van der Waals surface area contributed by atoms with Gasteiger partial charge in [-0.05, 0) is 19.8 Å². The van der Waals surface area contributed by atoms with E-state index in [0.717, 1.165) is 12.1 Å². The zero-order valence-electron chi connectivity index (χ0n) is 6.55. The van der Waals surface area contributed by atoms with Gasteiger partial charge >= 0.3 is 0 Å². The van der Waals surface area contributed by atoms with E-state index in [1.165, 1.54) is 17.8 Å². The molecule has 0 aliphatic rings. The quantitative estimate of drug-likeness (QED) is 0.654. The number of rotatable bonds is 3. The molecule has 1 nitrogen and oxygen atoms in total. The molecule has 1 aromatic heterocycles. The van der Waals surface area contributed by atoms with Crippen molar-refractivity contribution in [2.24, 2.45) is 0 Å². The Bertz CT molecular complexity index is 193. The van der Waals surface area contributed by atoms with Gasteiger partial charge in [0.15, 0.2) is 0 Å². The van der Waals surface area contributed by atoms with E-state index in [-0.39, 0.29) is 0 Å². The molecule has 1 heterocycles. The van der Waals surface area contributed by atoms with Crippen LogP contribution in [-0.2, 0) is 6.42 Å². The fourth-order valence-corrected chi connectivity index (χ4v) is 1.66. The van der Waals surface area contributed by atoms with Gasteiger partial charge in [0, 0.05) is 11.1 Å². The van der Waals surface area contributed by atoms with Crippen LogP contribution < -0.4 is 0 Å². The zero-order chi connectivity index (χ0) is 7.40. The maximum atomic E-state index is 4.37. The third-order valence-corrected chi connectivity index (χ3v) is 2.44. The number of aromatic nitrogens is 1. The molecule has 0 radical (unpaired) electrons. The number of thiazole rings is 1. The average molecular weight is 155 g/mol. The Kier molecular flexibility index (Phi) is 2.87. The Morgan fingerprint density at radius 3 is 2.90 bits per heavy atom. The van der Waals surface area contributed by atoms with Crippen molar-refractivity contribution in [3.8, 4) is 0 Å². The zero-order valence-corrected chi connectivity index (χ0v) is 7.37. The fraction of sp³-hybridized carbons (Fsp3) is 0.625. The first kappa shape index (κ1) is 7.73. The smallest absolute Gasteiger partial charge is 0.0928 e. The standard InChI is InChI=1S/C8H13NS/c1-3-4-5-8-9-7(2)6-10-8/h6H,3-5H2,1-2H3. The Morgan fingerprint density at radius 1 is 1.60 bits per heavy atom. The van der Waals surface area contributed by atoms with Crippen LogP contribution in [0.3, 0.4) is 0 Å². The molecule has 0 bridgehead atoms. The van der Waals surface area contributed by atoms with Gasteiger partial charge in [-0.15, -0.1) is 11.3 Å². The van der Waals surface area contributed by atoms with Gasteiger partial charge in [0.25, 0.3) is 0 Å². The van der Waals surface area contributed by atoms with Crippen LogP contribution >= 0.6 is 11.3 Å². The number of unbranched alkanes of at least 4 members (excludes halogenated alkanes) is 1. The second-order valence-corrected chi connectivity index (χ2v) is 3.43. The van der Waals surface area contributed by atoms with Crippen LogP contribution in [-0.4, -0.2) is 4.98 Å². The van der Waals surface area contributed by atoms with E-state index < -0.39 is 0 Å². The van der Waals surface area contributed by atoms with Crippen molar-refractivity contribution < 1.29 is 0 Å². The lowest BCUT2D eigenvalue weighted by atomic mass is 10.3. The molecule has 2 heteroatoms. The SMILES string of the molecule is CCCCc1nc(C)cs1. The molecular formula is C8H13NS. The third-order valence-electron chi connectivity index (χ3n) is 1.41. The van der Waals surface area contributed by atoms with E-state index in [2.05, 4.69) is 17.3 Å². The van der Waals surface area contributed by atoms with Crippen molar-refractivity contribution in [3.63, 3.8) is 0 Å². The first-order valence-corrected chi connectivity index (χ1v) is 4.62. The predicted octanol–water partition coefficient (Wildman–Crippen LogP) is 2.79. The minimum atomic E-state index is 1.16. The van der Waals surface area contributed by atoms with E-state index in [4.69, 9.17) is 0 Å². The Hall–Kier alpha value is -0.370. The summed E-state index contributed by atoms with van der Waals surface area (Å²) in [6, 6.07) is 0. The van der Waals surface area contributed by atoms with Gasteiger partial charge in [-0.3, -0.25) is 0 Å². The van der Waals surface area contributed by atoms with Crippen LogP contribution in [0.4, 0.5) is 0 Å². The molecule has 0 fully saturated rings. The highest BCUT2D eigenvalue weighted by Crippen LogP contribution is 2.11. The van der Waals surface area contributed by atoms with Crippen LogP contribution in [0.5, 0.6) is 0 Å². The van der Waals surface area contributed by atoms with E-state index in [9.17, 15) is 0 Å². The van der Waals surface area contributed by atoms with Crippen LogP contribution in [0.2, 0.25) is 0 Å². The topological polar surface area (TPSA) is 12.9 Å². The predicted molar refractivity (Wildman–Crippen MR) is 45.5 cm³/mol. The van der Waals surface area contributed by atoms with E-state index >= 15 is 0 Å². The van der Waals surface area contributed by atoms with Crippen molar-refractivity contribution in [3.05, 3.63) is 16.1 Å². The molecule has 0 saturated heterocycles. The fourth-order valence-electron chi connectivity index (χ4n) is 0.846. The monoisotopic (exact) mass is 155 g/mol. The Balaban J connectivity index is 2.42. The van der Waals surface area contributed by atoms with E-state index in [1.54, 1.807) is 11.3 Å². The molecule has 1 rings (SSSR count). The summed E-state index contributed by atoms with van der Waals surface area (Å²) in [6.07, 6.45) is 3.70. The van der Waals surface area contributed by atoms with Gasteiger partial charge in [-0.2, -0.15) is 0 Å². The van der Waals surface area contributed by atoms with Crippen molar-refractivity contribution >= 4 is 11.3 Å². The van der Waals surface area contributed by atoms with Crippen LogP contribution in [0.1, 0.15) is 30.5 Å². The molecule has 56 valence electrons. The van der Waals surface area contributed by atoms with Crippen LogP contribution in [0.15, 0.2) is 5.38 Å². The van der Waals surface area contributed by atoms with Gasteiger partial charge in [0.2, 0.25) is 0 Å². The summed E-state index contributed by atoms with van der Waals surface area (Å²) < 4.78 is 0. The van der Waals surface area contributed by atoms with Gasteiger partial charge in [-0.25, -0.2) is 4.98 Å². The van der Waals surface area contributed by atoms with Gasteiger partial charge < -0.3 is 0 Å². The second-order valence-electron chi connectivity index (χ2n) is 2.49. The van der Waals surface area contributed by atoms with E-state index in [0.29, 0.717) is 0 Å². The molecule has 0 atom stereocenters. The second kappa shape index (κ2) is 3.71. The molecular weight excluding hydrogens is 142 g/mol. The maximum Gasteiger partial charge on any atom is 0.0928 e. The molecule has 0 aliphatic carbocycles. The van der Waals surface area contributed by atoms with Crippen molar-refractivity contribution in [2.45, 2.75) is 33.1 Å².